The lowest BCUT2D eigenvalue weighted by molar-refractivity contribution is -0.133. The zero-order valence-electron chi connectivity index (χ0n) is 23.7. The van der Waals surface area contributed by atoms with Gasteiger partial charge in [0.15, 0.2) is 0 Å². The van der Waals surface area contributed by atoms with Crippen molar-refractivity contribution < 1.29 is 23.8 Å². The number of aryl methyl sites for hydroxylation is 1. The third kappa shape index (κ3) is 9.18. The van der Waals surface area contributed by atoms with Gasteiger partial charge in [-0.2, -0.15) is 0 Å². The summed E-state index contributed by atoms with van der Waals surface area (Å²) < 4.78 is 16.3. The molecule has 0 radical (unpaired) electrons. The summed E-state index contributed by atoms with van der Waals surface area (Å²) in [5, 5.41) is 9.38. The van der Waals surface area contributed by atoms with Crippen LogP contribution in [-0.2, 0) is 22.6 Å². The van der Waals surface area contributed by atoms with Gasteiger partial charge in [-0.3, -0.25) is 9.59 Å². The number of hydrogen-bond acceptors (Lipinski definition) is 6. The van der Waals surface area contributed by atoms with Crippen molar-refractivity contribution in [2.45, 2.75) is 51.1 Å². The standard InChI is InChI=1S/C31H43N3O5/c1-7-23(3)29(35)34-31(8-2,17-13-19-32-18-12-16-24-14-10-9-11-15-24)30(36)33-22-26-27(38-5)20-25(37-4)21-28(26)39-6/h7,9-11,14-15,20-21,32H,1,3,8,12-13,16-19,22H2,2,4-6H3,(H,33,36)(H,34,35). The predicted octanol–water partition coefficient (Wildman–Crippen LogP) is 4.34. The molecule has 0 aliphatic carbocycles. The number of methoxy groups -OCH3 is 3. The fourth-order valence-electron chi connectivity index (χ4n) is 4.34. The van der Waals surface area contributed by atoms with Crippen LogP contribution in [0.1, 0.15) is 43.7 Å². The molecule has 1 unspecified atom stereocenters. The van der Waals surface area contributed by atoms with Gasteiger partial charge in [-0.05, 0) is 50.8 Å². The monoisotopic (exact) mass is 537 g/mol. The molecule has 0 aliphatic rings. The predicted molar refractivity (Wildman–Crippen MR) is 155 cm³/mol. The first-order valence-electron chi connectivity index (χ1n) is 13.3. The summed E-state index contributed by atoms with van der Waals surface area (Å²) in [5.41, 5.74) is 1.07. The Bertz CT molecular complexity index is 1080. The SMILES string of the molecule is C=CC(=C)C(=O)NC(CC)(CCCNCCCc1ccccc1)C(=O)NCc1c(OC)cc(OC)cc1OC. The minimum absolute atomic E-state index is 0.146. The Hall–Kier alpha value is -3.78. The van der Waals surface area contributed by atoms with Crippen LogP contribution in [0.3, 0.4) is 0 Å². The Kier molecular flexibility index (Phi) is 13.1. The quantitative estimate of drug-likeness (QED) is 0.149. The van der Waals surface area contributed by atoms with Gasteiger partial charge in [-0.25, -0.2) is 0 Å². The second-order valence-electron chi connectivity index (χ2n) is 9.26. The number of rotatable bonds is 18. The maximum absolute atomic E-state index is 13.7. The minimum Gasteiger partial charge on any atom is -0.496 e. The van der Waals surface area contributed by atoms with E-state index < -0.39 is 11.4 Å². The van der Waals surface area contributed by atoms with E-state index in [-0.39, 0.29) is 18.0 Å². The second kappa shape index (κ2) is 16.2. The van der Waals surface area contributed by atoms with Crippen molar-refractivity contribution in [3.8, 4) is 17.2 Å². The van der Waals surface area contributed by atoms with Crippen LogP contribution in [0.2, 0.25) is 0 Å². The molecule has 8 nitrogen and oxygen atoms in total. The van der Waals surface area contributed by atoms with E-state index >= 15 is 0 Å². The van der Waals surface area contributed by atoms with Crippen molar-refractivity contribution >= 4 is 11.8 Å². The van der Waals surface area contributed by atoms with Crippen LogP contribution in [0.4, 0.5) is 0 Å². The van der Waals surface area contributed by atoms with Crippen molar-refractivity contribution in [3.63, 3.8) is 0 Å². The van der Waals surface area contributed by atoms with E-state index in [1.165, 1.54) is 11.6 Å². The van der Waals surface area contributed by atoms with E-state index in [2.05, 4.69) is 41.2 Å². The largest absolute Gasteiger partial charge is 0.496 e. The van der Waals surface area contributed by atoms with E-state index in [1.54, 1.807) is 33.5 Å². The Morgan fingerprint density at radius 2 is 1.62 bits per heavy atom. The van der Waals surface area contributed by atoms with Crippen LogP contribution in [0.25, 0.3) is 0 Å². The summed E-state index contributed by atoms with van der Waals surface area (Å²) in [6.07, 6.45) is 4.96. The van der Waals surface area contributed by atoms with Crippen LogP contribution in [0.5, 0.6) is 17.2 Å². The van der Waals surface area contributed by atoms with Gasteiger partial charge in [0.1, 0.15) is 22.8 Å². The van der Waals surface area contributed by atoms with Crippen molar-refractivity contribution in [1.29, 1.82) is 0 Å². The molecule has 0 saturated heterocycles. The molecule has 8 heteroatoms. The summed E-state index contributed by atoms with van der Waals surface area (Å²) in [6, 6.07) is 13.8. The Morgan fingerprint density at radius 1 is 0.974 bits per heavy atom. The Morgan fingerprint density at radius 3 is 2.18 bits per heavy atom. The highest BCUT2D eigenvalue weighted by atomic mass is 16.5. The molecule has 2 amide bonds. The number of carbonyl (C=O) groups is 2. The van der Waals surface area contributed by atoms with E-state index in [0.29, 0.717) is 42.1 Å². The third-order valence-corrected chi connectivity index (χ3v) is 6.79. The number of ether oxygens (including phenoxy) is 3. The summed E-state index contributed by atoms with van der Waals surface area (Å²) in [5.74, 6) is 0.916. The van der Waals surface area contributed by atoms with Gasteiger partial charge in [0.2, 0.25) is 5.91 Å². The van der Waals surface area contributed by atoms with Gasteiger partial charge >= 0.3 is 0 Å². The zero-order valence-corrected chi connectivity index (χ0v) is 23.7. The molecule has 0 heterocycles. The van der Waals surface area contributed by atoms with E-state index in [9.17, 15) is 9.59 Å². The molecule has 212 valence electrons. The van der Waals surface area contributed by atoms with Crippen LogP contribution < -0.4 is 30.2 Å². The fourth-order valence-corrected chi connectivity index (χ4v) is 4.34. The Balaban J connectivity index is 2.07. The summed E-state index contributed by atoms with van der Waals surface area (Å²) in [6.45, 7) is 11.0. The molecule has 0 bridgehead atoms. The van der Waals surface area contributed by atoms with Crippen molar-refractivity contribution in [2.75, 3.05) is 34.4 Å². The topological polar surface area (TPSA) is 97.9 Å². The van der Waals surface area contributed by atoms with Crippen molar-refractivity contribution in [1.82, 2.24) is 16.0 Å². The first-order chi connectivity index (χ1) is 18.8. The maximum atomic E-state index is 13.7. The lowest BCUT2D eigenvalue weighted by Crippen LogP contribution is -2.58. The molecule has 0 aliphatic heterocycles. The summed E-state index contributed by atoms with van der Waals surface area (Å²) >= 11 is 0. The van der Waals surface area contributed by atoms with Crippen molar-refractivity contribution in [2.24, 2.45) is 0 Å². The van der Waals surface area contributed by atoms with Crippen LogP contribution >= 0.6 is 0 Å². The maximum Gasteiger partial charge on any atom is 0.251 e. The van der Waals surface area contributed by atoms with E-state index in [0.717, 1.165) is 25.9 Å². The molecule has 3 N–H and O–H groups in total. The van der Waals surface area contributed by atoms with Gasteiger partial charge < -0.3 is 30.2 Å². The molecule has 39 heavy (non-hydrogen) atoms. The average molecular weight is 538 g/mol. The molecule has 0 aromatic heterocycles. The van der Waals surface area contributed by atoms with Crippen LogP contribution in [-0.4, -0.2) is 51.8 Å². The molecule has 0 fully saturated rings. The number of carbonyl (C=O) groups excluding carboxylic acids is 2. The Labute approximate surface area is 232 Å². The van der Waals surface area contributed by atoms with Gasteiger partial charge in [0.25, 0.3) is 5.91 Å². The van der Waals surface area contributed by atoms with Gasteiger partial charge in [-0.15, -0.1) is 0 Å². The molecule has 2 rings (SSSR count). The first kappa shape index (κ1) is 31.4. The molecular weight excluding hydrogens is 494 g/mol. The first-order valence-corrected chi connectivity index (χ1v) is 13.3. The highest BCUT2D eigenvalue weighted by Gasteiger charge is 2.38. The lowest BCUT2D eigenvalue weighted by Gasteiger charge is -2.33. The second-order valence-corrected chi connectivity index (χ2v) is 9.26. The van der Waals surface area contributed by atoms with E-state index in [4.69, 9.17) is 14.2 Å². The lowest BCUT2D eigenvalue weighted by atomic mass is 9.88. The molecule has 0 spiro atoms. The zero-order chi connectivity index (χ0) is 28.7. The average Bonchev–Trinajstić information content (AvgIpc) is 2.98. The van der Waals surface area contributed by atoms with Gasteiger partial charge in [0, 0.05) is 17.7 Å². The summed E-state index contributed by atoms with van der Waals surface area (Å²) in [7, 11) is 4.65. The molecule has 0 saturated carbocycles. The summed E-state index contributed by atoms with van der Waals surface area (Å²) in [4.78, 5) is 26.4. The highest BCUT2D eigenvalue weighted by molar-refractivity contribution is 6.00. The van der Waals surface area contributed by atoms with Gasteiger partial charge in [-0.1, -0.05) is 56.5 Å². The number of hydrogen-bond donors (Lipinski definition) is 3. The third-order valence-electron chi connectivity index (χ3n) is 6.79. The van der Waals surface area contributed by atoms with Crippen LogP contribution in [0.15, 0.2) is 67.3 Å². The van der Waals surface area contributed by atoms with Crippen LogP contribution in [0, 0.1) is 0 Å². The number of amides is 2. The van der Waals surface area contributed by atoms with Gasteiger partial charge in [0.05, 0.1) is 33.4 Å². The fraction of sp³-hybridized carbons (Fsp3) is 0.419. The highest BCUT2D eigenvalue weighted by Crippen LogP contribution is 2.34. The molecule has 1 atom stereocenters. The van der Waals surface area contributed by atoms with E-state index in [1.807, 2.05) is 25.1 Å². The molecular formula is C31H43N3O5. The normalized spacial score (nSPS) is 12.1. The molecule has 2 aromatic carbocycles. The number of benzene rings is 2. The smallest absolute Gasteiger partial charge is 0.251 e. The molecule has 2 aromatic rings. The van der Waals surface area contributed by atoms with Crippen molar-refractivity contribution in [3.05, 3.63) is 78.4 Å². The number of nitrogens with one attached hydrogen (secondary N) is 3. The minimum atomic E-state index is -1.12.